The van der Waals surface area contributed by atoms with E-state index < -0.39 is 0 Å². The largest absolute Gasteiger partial charge is 0.258 e. The molecule has 0 aromatic carbocycles. The van der Waals surface area contributed by atoms with Crippen LogP contribution < -0.4 is 0 Å². The summed E-state index contributed by atoms with van der Waals surface area (Å²) in [5, 5.41) is 9.28. The van der Waals surface area contributed by atoms with E-state index in [1.54, 1.807) is 18.0 Å². The molecule has 1 saturated heterocycles. The predicted octanol–water partition coefficient (Wildman–Crippen LogP) is 2.64. The lowest BCUT2D eigenvalue weighted by Gasteiger charge is -2.20. The fourth-order valence-corrected chi connectivity index (χ4v) is 3.22. The summed E-state index contributed by atoms with van der Waals surface area (Å²) in [5.74, 6) is 1.07. The van der Waals surface area contributed by atoms with Gasteiger partial charge in [0.15, 0.2) is 0 Å². The van der Waals surface area contributed by atoms with Crippen molar-refractivity contribution in [3.05, 3.63) is 29.6 Å². The van der Waals surface area contributed by atoms with Gasteiger partial charge in [-0.05, 0) is 37.1 Å². The lowest BCUT2D eigenvalue weighted by atomic mass is 9.97. The lowest BCUT2D eigenvalue weighted by molar-refractivity contribution is 0.693. The summed E-state index contributed by atoms with van der Waals surface area (Å²) in [6, 6.07) is 6.38. The van der Waals surface area contributed by atoms with Crippen LogP contribution in [-0.4, -0.2) is 10.7 Å². The first-order chi connectivity index (χ1) is 6.78. The summed E-state index contributed by atoms with van der Waals surface area (Å²) < 4.78 is -0.370. The molecule has 0 aliphatic carbocycles. The van der Waals surface area contributed by atoms with Crippen LogP contribution in [0.5, 0.6) is 0 Å². The molecule has 0 bridgehead atoms. The second kappa shape index (κ2) is 3.62. The zero-order valence-corrected chi connectivity index (χ0v) is 8.97. The maximum atomic E-state index is 9.28. The van der Waals surface area contributed by atoms with Crippen LogP contribution in [0.15, 0.2) is 18.3 Å². The summed E-state index contributed by atoms with van der Waals surface area (Å²) in [6.07, 6.45) is 3.83. The average molecular weight is 204 g/mol. The summed E-state index contributed by atoms with van der Waals surface area (Å²) in [6.45, 7) is 2.03. The van der Waals surface area contributed by atoms with Crippen molar-refractivity contribution < 1.29 is 0 Å². The Morgan fingerprint density at radius 1 is 1.64 bits per heavy atom. The molecule has 0 saturated carbocycles. The summed E-state index contributed by atoms with van der Waals surface area (Å²) in [5.41, 5.74) is 2.09. The van der Waals surface area contributed by atoms with Crippen molar-refractivity contribution in [1.82, 2.24) is 4.98 Å². The molecule has 1 unspecified atom stereocenters. The summed E-state index contributed by atoms with van der Waals surface area (Å²) in [7, 11) is 0. The second-order valence-corrected chi connectivity index (χ2v) is 4.95. The van der Waals surface area contributed by atoms with E-state index in [4.69, 9.17) is 0 Å². The van der Waals surface area contributed by atoms with Gasteiger partial charge in [0, 0.05) is 6.20 Å². The normalized spacial score (nSPS) is 26.0. The molecule has 2 rings (SSSR count). The first kappa shape index (κ1) is 9.54. The monoisotopic (exact) mass is 204 g/mol. The van der Waals surface area contributed by atoms with E-state index in [9.17, 15) is 5.26 Å². The van der Waals surface area contributed by atoms with Gasteiger partial charge >= 0.3 is 0 Å². The molecule has 1 aromatic heterocycles. The van der Waals surface area contributed by atoms with Crippen LogP contribution in [0.3, 0.4) is 0 Å². The van der Waals surface area contributed by atoms with Crippen molar-refractivity contribution >= 4 is 11.8 Å². The van der Waals surface area contributed by atoms with Gasteiger partial charge in [0.1, 0.15) is 4.75 Å². The number of nitriles is 1. The molecule has 1 fully saturated rings. The minimum absolute atomic E-state index is 0.370. The van der Waals surface area contributed by atoms with Crippen molar-refractivity contribution in [2.24, 2.45) is 0 Å². The van der Waals surface area contributed by atoms with Gasteiger partial charge in [0.2, 0.25) is 0 Å². The molecule has 1 aromatic rings. The first-order valence-corrected chi connectivity index (χ1v) is 5.74. The highest BCUT2D eigenvalue weighted by Gasteiger charge is 2.39. The van der Waals surface area contributed by atoms with E-state index in [2.05, 4.69) is 11.1 Å². The predicted molar refractivity (Wildman–Crippen MR) is 58.0 cm³/mol. The molecular weight excluding hydrogens is 192 g/mol. The Balaban J connectivity index is 2.47. The van der Waals surface area contributed by atoms with Gasteiger partial charge in [-0.25, -0.2) is 0 Å². The molecule has 3 heteroatoms. The number of rotatable bonds is 1. The van der Waals surface area contributed by atoms with Gasteiger partial charge in [-0.1, -0.05) is 6.07 Å². The van der Waals surface area contributed by atoms with Crippen molar-refractivity contribution in [2.45, 2.75) is 24.5 Å². The Bertz CT molecular complexity index is 375. The summed E-state index contributed by atoms with van der Waals surface area (Å²) >= 11 is 1.73. The van der Waals surface area contributed by atoms with Gasteiger partial charge in [0.25, 0.3) is 0 Å². The molecule has 72 valence electrons. The molecule has 1 aliphatic heterocycles. The van der Waals surface area contributed by atoms with Crippen LogP contribution in [0.2, 0.25) is 0 Å². The highest BCUT2D eigenvalue weighted by molar-refractivity contribution is 8.00. The maximum Gasteiger partial charge on any atom is 0.144 e. The van der Waals surface area contributed by atoms with Crippen LogP contribution in [-0.2, 0) is 4.75 Å². The molecule has 1 atom stereocenters. The van der Waals surface area contributed by atoms with Gasteiger partial charge < -0.3 is 0 Å². The van der Waals surface area contributed by atoms with E-state index in [0.29, 0.717) is 0 Å². The van der Waals surface area contributed by atoms with Crippen LogP contribution in [0.1, 0.15) is 24.1 Å². The zero-order valence-electron chi connectivity index (χ0n) is 8.16. The van der Waals surface area contributed by atoms with Crippen LogP contribution in [0.4, 0.5) is 0 Å². The molecular formula is C11H12N2S. The summed E-state index contributed by atoms with van der Waals surface area (Å²) in [4.78, 5) is 4.36. The van der Waals surface area contributed by atoms with E-state index in [-0.39, 0.29) is 4.75 Å². The molecule has 0 spiro atoms. The number of pyridine rings is 1. The Labute approximate surface area is 88.4 Å². The minimum Gasteiger partial charge on any atom is -0.258 e. The third-order valence-corrected chi connectivity index (χ3v) is 4.07. The van der Waals surface area contributed by atoms with Gasteiger partial charge in [-0.15, -0.1) is 11.8 Å². The maximum absolute atomic E-state index is 9.28. The van der Waals surface area contributed by atoms with E-state index >= 15 is 0 Å². The van der Waals surface area contributed by atoms with E-state index in [1.807, 2.05) is 19.1 Å². The zero-order chi connectivity index (χ0) is 10.0. The highest BCUT2D eigenvalue weighted by Crippen LogP contribution is 2.46. The van der Waals surface area contributed by atoms with Crippen molar-refractivity contribution in [3.63, 3.8) is 0 Å². The molecule has 0 N–H and O–H groups in total. The number of aryl methyl sites for hydroxylation is 1. The average Bonchev–Trinajstić information content (AvgIpc) is 2.68. The highest BCUT2D eigenvalue weighted by atomic mass is 32.2. The molecule has 0 radical (unpaired) electrons. The first-order valence-electron chi connectivity index (χ1n) is 4.76. The number of hydrogen-bond donors (Lipinski definition) is 0. The topological polar surface area (TPSA) is 36.7 Å². The molecule has 2 nitrogen and oxygen atoms in total. The SMILES string of the molecule is Cc1cccnc1C1(C#N)CCCS1. The molecule has 2 heterocycles. The van der Waals surface area contributed by atoms with Crippen LogP contribution in [0, 0.1) is 18.3 Å². The molecule has 0 amide bonds. The third kappa shape index (κ3) is 1.40. The van der Waals surface area contributed by atoms with Gasteiger partial charge in [-0.3, -0.25) is 4.98 Å². The number of hydrogen-bond acceptors (Lipinski definition) is 3. The van der Waals surface area contributed by atoms with Crippen LogP contribution in [0.25, 0.3) is 0 Å². The van der Waals surface area contributed by atoms with E-state index in [0.717, 1.165) is 29.9 Å². The minimum atomic E-state index is -0.370. The van der Waals surface area contributed by atoms with Crippen LogP contribution >= 0.6 is 11.8 Å². The third-order valence-electron chi connectivity index (χ3n) is 2.59. The number of nitrogens with zero attached hydrogens (tertiary/aromatic N) is 2. The Hall–Kier alpha value is -1.01. The number of thioether (sulfide) groups is 1. The van der Waals surface area contributed by atoms with Crippen molar-refractivity contribution in [1.29, 1.82) is 5.26 Å². The fourth-order valence-electron chi connectivity index (χ4n) is 1.88. The lowest BCUT2D eigenvalue weighted by Crippen LogP contribution is -2.18. The van der Waals surface area contributed by atoms with E-state index in [1.165, 1.54) is 0 Å². The Morgan fingerprint density at radius 3 is 3.07 bits per heavy atom. The fraction of sp³-hybridized carbons (Fsp3) is 0.455. The molecule has 1 aliphatic rings. The van der Waals surface area contributed by atoms with Crippen molar-refractivity contribution in [3.8, 4) is 6.07 Å². The Kier molecular flexibility index (Phi) is 2.47. The van der Waals surface area contributed by atoms with Gasteiger partial charge in [0.05, 0.1) is 11.8 Å². The smallest absolute Gasteiger partial charge is 0.144 e. The molecule has 14 heavy (non-hydrogen) atoms. The van der Waals surface area contributed by atoms with Crippen molar-refractivity contribution in [2.75, 3.05) is 5.75 Å². The second-order valence-electron chi connectivity index (χ2n) is 3.56. The quantitative estimate of drug-likeness (QED) is 0.705. The number of aromatic nitrogens is 1. The van der Waals surface area contributed by atoms with Gasteiger partial charge in [-0.2, -0.15) is 5.26 Å². The Morgan fingerprint density at radius 2 is 2.50 bits per heavy atom. The standard InChI is InChI=1S/C11H12N2S/c1-9-4-2-6-13-10(9)11(8-12)5-3-7-14-11/h2,4,6H,3,5,7H2,1H3.